The minimum absolute atomic E-state index is 0.00317. The lowest BCUT2D eigenvalue weighted by Gasteiger charge is -2.37. The minimum atomic E-state index is -1.09. The molecular formula is C32H23ClFN5O5. The molecule has 0 bridgehead atoms. The van der Waals surface area contributed by atoms with Crippen molar-refractivity contribution in [3.8, 4) is 11.4 Å². The molecule has 0 saturated heterocycles. The summed E-state index contributed by atoms with van der Waals surface area (Å²) in [6, 6.07) is 19.3. The van der Waals surface area contributed by atoms with E-state index in [1.807, 2.05) is 0 Å². The maximum Gasteiger partial charge on any atom is 0.335 e. The van der Waals surface area contributed by atoms with Crippen LogP contribution in [-0.2, 0) is 17.6 Å². The van der Waals surface area contributed by atoms with Gasteiger partial charge in [-0.3, -0.25) is 19.0 Å². The van der Waals surface area contributed by atoms with Crippen molar-refractivity contribution in [2.24, 2.45) is 0 Å². The fourth-order valence-corrected chi connectivity index (χ4v) is 5.60. The summed E-state index contributed by atoms with van der Waals surface area (Å²) in [5.74, 6) is -2.73. The highest BCUT2D eigenvalue weighted by Gasteiger charge is 2.38. The summed E-state index contributed by atoms with van der Waals surface area (Å²) < 4.78 is 17.2. The van der Waals surface area contributed by atoms with E-state index in [4.69, 9.17) is 11.6 Å². The number of benzene rings is 3. The molecule has 1 unspecified atom stereocenters. The van der Waals surface area contributed by atoms with Crippen molar-refractivity contribution < 1.29 is 23.9 Å². The van der Waals surface area contributed by atoms with Crippen LogP contribution in [0.15, 0.2) is 96.1 Å². The third-order valence-corrected chi connectivity index (χ3v) is 7.81. The number of pyridine rings is 1. The molecule has 220 valence electrons. The molecular weight excluding hydrogens is 589 g/mol. The summed E-state index contributed by atoms with van der Waals surface area (Å²) in [5.41, 5.74) is 2.20. The van der Waals surface area contributed by atoms with Gasteiger partial charge in [-0.25, -0.2) is 13.9 Å². The Balaban J connectivity index is 1.40. The zero-order valence-corrected chi connectivity index (χ0v) is 23.7. The zero-order chi connectivity index (χ0) is 31.0. The van der Waals surface area contributed by atoms with Crippen LogP contribution >= 0.6 is 11.6 Å². The van der Waals surface area contributed by atoms with E-state index >= 15 is 0 Å². The topological polar surface area (TPSA) is 127 Å². The predicted molar refractivity (Wildman–Crippen MR) is 158 cm³/mol. The molecule has 10 nitrogen and oxygen atoms in total. The Morgan fingerprint density at radius 3 is 2.45 bits per heavy atom. The second kappa shape index (κ2) is 11.7. The first kappa shape index (κ1) is 28.7. The molecule has 0 radical (unpaired) electrons. The van der Waals surface area contributed by atoms with Gasteiger partial charge in [-0.05, 0) is 59.5 Å². The number of halogens is 2. The van der Waals surface area contributed by atoms with E-state index in [0.29, 0.717) is 23.2 Å². The lowest BCUT2D eigenvalue weighted by atomic mass is 9.86. The second-order valence-electron chi connectivity index (χ2n) is 10.2. The molecule has 1 amide bonds. The Hall–Kier alpha value is -5.42. The van der Waals surface area contributed by atoms with Gasteiger partial charge >= 0.3 is 5.97 Å². The minimum Gasteiger partial charge on any atom is -0.478 e. The van der Waals surface area contributed by atoms with Crippen LogP contribution in [0.5, 0.6) is 0 Å². The molecule has 2 aromatic heterocycles. The van der Waals surface area contributed by atoms with Gasteiger partial charge in [0.05, 0.1) is 22.5 Å². The van der Waals surface area contributed by atoms with Crippen molar-refractivity contribution in [1.82, 2.24) is 24.5 Å². The fraction of sp³-hybridized carbons (Fsp3) is 0.125. The molecule has 3 heterocycles. The van der Waals surface area contributed by atoms with Gasteiger partial charge < -0.3 is 10.0 Å². The lowest BCUT2D eigenvalue weighted by molar-refractivity contribution is -0.123. The van der Waals surface area contributed by atoms with E-state index in [1.165, 1.54) is 46.0 Å². The number of Topliss-reactive ketones (excluding diaryl/α,β-unsaturated/α-hetero) is 1. The molecule has 6 rings (SSSR count). The predicted octanol–water partition coefficient (Wildman–Crippen LogP) is 4.46. The smallest absolute Gasteiger partial charge is 0.335 e. The molecule has 0 aliphatic carbocycles. The molecule has 5 aromatic rings. The summed E-state index contributed by atoms with van der Waals surface area (Å²) in [5, 5.41) is 17.0. The molecule has 12 heteroatoms. The van der Waals surface area contributed by atoms with Crippen LogP contribution in [0.2, 0.25) is 5.02 Å². The Kier molecular flexibility index (Phi) is 7.62. The quantitative estimate of drug-likeness (QED) is 0.288. The van der Waals surface area contributed by atoms with Crippen molar-refractivity contribution >= 4 is 29.3 Å². The summed E-state index contributed by atoms with van der Waals surface area (Å²) in [6.45, 7) is 0.122. The van der Waals surface area contributed by atoms with E-state index in [1.54, 1.807) is 54.7 Å². The first-order chi connectivity index (χ1) is 21.2. The van der Waals surface area contributed by atoms with E-state index in [0.717, 1.165) is 10.2 Å². The average molecular weight is 612 g/mol. The van der Waals surface area contributed by atoms with Gasteiger partial charge in [0.1, 0.15) is 11.7 Å². The molecule has 44 heavy (non-hydrogen) atoms. The van der Waals surface area contributed by atoms with Gasteiger partial charge in [-0.1, -0.05) is 53.2 Å². The first-order valence-corrected chi connectivity index (χ1v) is 13.9. The van der Waals surface area contributed by atoms with Gasteiger partial charge in [-0.2, -0.15) is 0 Å². The number of amides is 1. The van der Waals surface area contributed by atoms with Gasteiger partial charge in [0.2, 0.25) is 0 Å². The molecule has 1 aliphatic rings. The normalized spacial score (nSPS) is 14.2. The van der Waals surface area contributed by atoms with Crippen LogP contribution in [0.25, 0.3) is 11.4 Å². The van der Waals surface area contributed by atoms with Crippen LogP contribution in [0.4, 0.5) is 4.39 Å². The van der Waals surface area contributed by atoms with Crippen LogP contribution in [0, 0.1) is 5.82 Å². The second-order valence-corrected chi connectivity index (χ2v) is 10.6. The number of carboxylic acids is 1. The van der Waals surface area contributed by atoms with Crippen LogP contribution < -0.4 is 5.56 Å². The standard InChI is InChI=1S/C32H23ClFN5O5/c33-23-6-4-8-26(29(23)34)39-18-24(35-36-39)31(42)38-16-14-21-22(5-3-7-25(21)37-15-2-1-9-28(37)41)30(38)27(40)17-19-10-12-20(13-11-19)32(43)44/h1-13,15,18,30H,14,16-17H2,(H,43,44). The number of nitrogens with zero attached hydrogens (tertiary/aromatic N) is 5. The monoisotopic (exact) mass is 611 g/mol. The zero-order valence-electron chi connectivity index (χ0n) is 22.9. The number of carboxylic acid groups (broad SMARTS) is 1. The van der Waals surface area contributed by atoms with Gasteiger partial charge in [0.15, 0.2) is 17.3 Å². The number of hydrogen-bond acceptors (Lipinski definition) is 6. The van der Waals surface area contributed by atoms with Crippen LogP contribution in [0.3, 0.4) is 0 Å². The molecule has 3 aromatic carbocycles. The Morgan fingerprint density at radius 2 is 1.70 bits per heavy atom. The maximum absolute atomic E-state index is 14.7. The third-order valence-electron chi connectivity index (χ3n) is 7.51. The Labute approximate surface area is 254 Å². The van der Waals surface area contributed by atoms with Crippen LogP contribution in [-0.4, -0.2) is 53.8 Å². The highest BCUT2D eigenvalue weighted by molar-refractivity contribution is 6.30. The van der Waals surface area contributed by atoms with Gasteiger partial charge in [0, 0.05) is 25.2 Å². The molecule has 1 aliphatic heterocycles. The number of rotatable bonds is 7. The van der Waals surface area contributed by atoms with E-state index in [2.05, 4.69) is 10.3 Å². The number of fused-ring (bicyclic) bond motifs is 1. The number of aromatic nitrogens is 4. The van der Waals surface area contributed by atoms with Crippen molar-refractivity contribution in [1.29, 1.82) is 0 Å². The Morgan fingerprint density at radius 1 is 0.955 bits per heavy atom. The number of ketones is 1. The molecule has 0 spiro atoms. The SMILES string of the molecule is O=C(O)c1ccc(CC(=O)C2c3cccc(-n4ccccc4=O)c3CCN2C(=O)c2cn(-c3cccc(Cl)c3F)nn2)cc1. The van der Waals surface area contributed by atoms with Crippen molar-refractivity contribution in [2.75, 3.05) is 6.54 Å². The fourth-order valence-electron chi connectivity index (χ4n) is 5.43. The lowest BCUT2D eigenvalue weighted by Crippen LogP contribution is -2.44. The largest absolute Gasteiger partial charge is 0.478 e. The maximum atomic E-state index is 14.7. The Bertz CT molecular complexity index is 1990. The van der Waals surface area contributed by atoms with E-state index < -0.39 is 23.7 Å². The molecule has 1 N–H and O–H groups in total. The number of carbonyl (C=O) groups excluding carboxylic acids is 2. The molecule has 0 fully saturated rings. The molecule has 1 atom stereocenters. The number of hydrogen-bond donors (Lipinski definition) is 1. The van der Waals surface area contributed by atoms with Crippen molar-refractivity contribution in [3.63, 3.8) is 0 Å². The van der Waals surface area contributed by atoms with E-state index in [9.17, 15) is 28.7 Å². The highest BCUT2D eigenvalue weighted by atomic mass is 35.5. The van der Waals surface area contributed by atoms with Crippen molar-refractivity contribution in [3.05, 3.63) is 140 Å². The average Bonchev–Trinajstić information content (AvgIpc) is 3.52. The molecule has 0 saturated carbocycles. The first-order valence-electron chi connectivity index (χ1n) is 13.6. The van der Waals surface area contributed by atoms with E-state index in [-0.39, 0.29) is 46.3 Å². The number of carbonyl (C=O) groups is 3. The van der Waals surface area contributed by atoms with Crippen molar-refractivity contribution in [2.45, 2.75) is 18.9 Å². The highest BCUT2D eigenvalue weighted by Crippen LogP contribution is 2.35. The summed E-state index contributed by atoms with van der Waals surface area (Å²) in [6.07, 6.45) is 3.17. The summed E-state index contributed by atoms with van der Waals surface area (Å²) in [4.78, 5) is 53.3. The number of aromatic carboxylic acids is 1. The third kappa shape index (κ3) is 5.29. The van der Waals surface area contributed by atoms with Gasteiger partial charge in [-0.15, -0.1) is 5.10 Å². The van der Waals surface area contributed by atoms with Crippen LogP contribution in [0.1, 0.15) is 43.6 Å². The summed E-state index contributed by atoms with van der Waals surface area (Å²) >= 11 is 5.91. The summed E-state index contributed by atoms with van der Waals surface area (Å²) in [7, 11) is 0. The van der Waals surface area contributed by atoms with Gasteiger partial charge in [0.25, 0.3) is 11.5 Å².